The van der Waals surface area contributed by atoms with Gasteiger partial charge in [0, 0.05) is 49.6 Å². The van der Waals surface area contributed by atoms with E-state index in [-0.39, 0.29) is 11.9 Å². The molecular weight excluding hydrogens is 329 g/mol. The predicted molar refractivity (Wildman–Crippen MR) is 98.7 cm³/mol. The molecule has 0 radical (unpaired) electrons. The van der Waals surface area contributed by atoms with Gasteiger partial charge in [0.15, 0.2) is 0 Å². The van der Waals surface area contributed by atoms with E-state index < -0.39 is 0 Å². The Labute approximate surface area is 152 Å². The number of morpholine rings is 1. The zero-order valence-electron chi connectivity index (χ0n) is 14.6. The van der Waals surface area contributed by atoms with E-state index >= 15 is 0 Å². The van der Waals surface area contributed by atoms with Crippen LogP contribution in [0.5, 0.6) is 0 Å². The van der Waals surface area contributed by atoms with Gasteiger partial charge in [0.25, 0.3) is 0 Å². The van der Waals surface area contributed by atoms with Crippen molar-refractivity contribution >= 4 is 0 Å². The third-order valence-corrected chi connectivity index (χ3v) is 4.76. The molecule has 3 aromatic rings. The van der Waals surface area contributed by atoms with Crippen LogP contribution in [0.15, 0.2) is 67.1 Å². The van der Waals surface area contributed by atoms with Gasteiger partial charge in [-0.05, 0) is 48.4 Å². The molecule has 0 bridgehead atoms. The molecule has 1 fully saturated rings. The summed E-state index contributed by atoms with van der Waals surface area (Å²) in [5.74, 6) is -0.197. The minimum Gasteiger partial charge on any atom is -0.375 e. The second-order valence-corrected chi connectivity index (χ2v) is 6.63. The molecule has 0 amide bonds. The quantitative estimate of drug-likeness (QED) is 0.705. The summed E-state index contributed by atoms with van der Waals surface area (Å²) in [7, 11) is 0. The van der Waals surface area contributed by atoms with Crippen molar-refractivity contribution in [2.75, 3.05) is 19.7 Å². The van der Waals surface area contributed by atoms with Crippen LogP contribution >= 0.6 is 0 Å². The third kappa shape index (κ3) is 4.00. The second-order valence-electron chi connectivity index (χ2n) is 6.63. The molecule has 0 spiro atoms. The first-order valence-electron chi connectivity index (χ1n) is 8.93. The molecular formula is C21H22FN3O. The summed E-state index contributed by atoms with van der Waals surface area (Å²) < 4.78 is 21.2. The summed E-state index contributed by atoms with van der Waals surface area (Å²) in [6, 6.07) is 15.0. The maximum atomic E-state index is 13.1. The van der Waals surface area contributed by atoms with Gasteiger partial charge in [-0.3, -0.25) is 9.88 Å². The number of aromatic nitrogens is 2. The minimum atomic E-state index is -0.197. The number of hydrogen-bond donors (Lipinski definition) is 0. The fourth-order valence-corrected chi connectivity index (χ4v) is 3.46. The molecule has 2 aromatic heterocycles. The van der Waals surface area contributed by atoms with Crippen molar-refractivity contribution in [1.29, 1.82) is 0 Å². The Morgan fingerprint density at radius 3 is 2.69 bits per heavy atom. The van der Waals surface area contributed by atoms with Crippen LogP contribution in [0.1, 0.15) is 11.3 Å². The SMILES string of the molecule is Fc1ccc(C[C@@H]2CN(Cc3cccn3-c3ccncc3)CCO2)cc1. The van der Waals surface area contributed by atoms with E-state index in [1.807, 2.05) is 36.7 Å². The predicted octanol–water partition coefficient (Wildman–Crippen LogP) is 3.45. The van der Waals surface area contributed by atoms with Gasteiger partial charge in [0.2, 0.25) is 0 Å². The Morgan fingerprint density at radius 2 is 1.88 bits per heavy atom. The number of pyridine rings is 1. The number of nitrogens with zero attached hydrogens (tertiary/aromatic N) is 3. The van der Waals surface area contributed by atoms with Gasteiger partial charge in [0.05, 0.1) is 12.7 Å². The van der Waals surface area contributed by atoms with Crippen molar-refractivity contribution in [3.63, 3.8) is 0 Å². The van der Waals surface area contributed by atoms with E-state index in [0.29, 0.717) is 0 Å². The molecule has 4 rings (SSSR count). The first-order chi connectivity index (χ1) is 12.8. The normalized spacial score (nSPS) is 18.1. The lowest BCUT2D eigenvalue weighted by atomic mass is 10.1. The van der Waals surface area contributed by atoms with Gasteiger partial charge < -0.3 is 9.30 Å². The summed E-state index contributed by atoms with van der Waals surface area (Å²) >= 11 is 0. The Kier molecular flexibility index (Phi) is 5.09. The topological polar surface area (TPSA) is 30.3 Å². The van der Waals surface area contributed by atoms with Crippen LogP contribution in [0.3, 0.4) is 0 Å². The van der Waals surface area contributed by atoms with E-state index in [1.54, 1.807) is 0 Å². The maximum Gasteiger partial charge on any atom is 0.123 e. The van der Waals surface area contributed by atoms with Crippen molar-refractivity contribution < 1.29 is 9.13 Å². The van der Waals surface area contributed by atoms with Gasteiger partial charge in [-0.15, -0.1) is 0 Å². The number of rotatable bonds is 5. The van der Waals surface area contributed by atoms with Crippen molar-refractivity contribution in [2.24, 2.45) is 0 Å². The Balaban J connectivity index is 1.41. The highest BCUT2D eigenvalue weighted by molar-refractivity contribution is 5.32. The van der Waals surface area contributed by atoms with Gasteiger partial charge in [-0.2, -0.15) is 0 Å². The molecule has 0 aliphatic carbocycles. The molecule has 5 heteroatoms. The summed E-state index contributed by atoms with van der Waals surface area (Å²) in [4.78, 5) is 6.51. The highest BCUT2D eigenvalue weighted by atomic mass is 19.1. The Hall–Kier alpha value is -2.50. The van der Waals surface area contributed by atoms with Crippen molar-refractivity contribution in [3.8, 4) is 5.69 Å². The first kappa shape index (κ1) is 16.9. The summed E-state index contributed by atoms with van der Waals surface area (Å²) in [6.07, 6.45) is 6.65. The van der Waals surface area contributed by atoms with E-state index in [0.717, 1.165) is 43.9 Å². The van der Waals surface area contributed by atoms with Crippen LogP contribution < -0.4 is 0 Å². The molecule has 1 aromatic carbocycles. The molecule has 1 aliphatic rings. The fraction of sp³-hybridized carbons (Fsp3) is 0.286. The highest BCUT2D eigenvalue weighted by Gasteiger charge is 2.21. The number of ether oxygens (including phenoxy) is 1. The monoisotopic (exact) mass is 351 g/mol. The largest absolute Gasteiger partial charge is 0.375 e. The van der Waals surface area contributed by atoms with Crippen LogP contribution in [-0.2, 0) is 17.7 Å². The van der Waals surface area contributed by atoms with Crippen molar-refractivity contribution in [3.05, 3.63) is 84.2 Å². The lowest BCUT2D eigenvalue weighted by Crippen LogP contribution is -2.43. The summed E-state index contributed by atoms with van der Waals surface area (Å²) in [6.45, 7) is 3.39. The van der Waals surface area contributed by atoms with Crippen LogP contribution in [0.4, 0.5) is 4.39 Å². The van der Waals surface area contributed by atoms with Crippen LogP contribution in [-0.4, -0.2) is 40.3 Å². The molecule has 3 heterocycles. The molecule has 1 aliphatic heterocycles. The minimum absolute atomic E-state index is 0.138. The van der Waals surface area contributed by atoms with Crippen LogP contribution in [0.2, 0.25) is 0 Å². The van der Waals surface area contributed by atoms with Crippen LogP contribution in [0, 0.1) is 5.82 Å². The summed E-state index contributed by atoms with van der Waals surface area (Å²) in [5.41, 5.74) is 3.48. The van der Waals surface area contributed by atoms with Gasteiger partial charge >= 0.3 is 0 Å². The fourth-order valence-electron chi connectivity index (χ4n) is 3.46. The standard InChI is InChI=1S/C21H22FN3O/c22-18-5-3-17(4-6-18)14-21-16-24(12-13-26-21)15-20-2-1-11-25(20)19-7-9-23-10-8-19/h1-11,21H,12-16H2/t21-/m1/s1. The molecule has 0 N–H and O–H groups in total. The molecule has 1 atom stereocenters. The lowest BCUT2D eigenvalue weighted by Gasteiger charge is -2.33. The van der Waals surface area contributed by atoms with E-state index in [4.69, 9.17) is 4.74 Å². The molecule has 134 valence electrons. The molecule has 4 nitrogen and oxygen atoms in total. The first-order valence-corrected chi connectivity index (χ1v) is 8.93. The number of hydrogen-bond acceptors (Lipinski definition) is 3. The van der Waals surface area contributed by atoms with E-state index in [1.165, 1.54) is 17.8 Å². The van der Waals surface area contributed by atoms with Gasteiger partial charge in [-0.1, -0.05) is 12.1 Å². The molecule has 0 unspecified atom stereocenters. The summed E-state index contributed by atoms with van der Waals surface area (Å²) in [5, 5.41) is 0. The number of halogens is 1. The Bertz CT molecular complexity index is 832. The average Bonchev–Trinajstić information content (AvgIpc) is 3.13. The smallest absolute Gasteiger partial charge is 0.123 e. The highest BCUT2D eigenvalue weighted by Crippen LogP contribution is 2.17. The lowest BCUT2D eigenvalue weighted by molar-refractivity contribution is -0.0309. The zero-order chi connectivity index (χ0) is 17.8. The average molecular weight is 351 g/mol. The molecule has 0 saturated carbocycles. The maximum absolute atomic E-state index is 13.1. The zero-order valence-corrected chi connectivity index (χ0v) is 14.6. The van der Waals surface area contributed by atoms with Gasteiger partial charge in [0.1, 0.15) is 5.82 Å². The second kappa shape index (κ2) is 7.81. The molecule has 26 heavy (non-hydrogen) atoms. The third-order valence-electron chi connectivity index (χ3n) is 4.76. The van der Waals surface area contributed by atoms with E-state index in [9.17, 15) is 4.39 Å². The van der Waals surface area contributed by atoms with Crippen molar-refractivity contribution in [1.82, 2.24) is 14.5 Å². The number of benzene rings is 1. The van der Waals surface area contributed by atoms with E-state index in [2.05, 4.69) is 32.8 Å². The molecule has 1 saturated heterocycles. The Morgan fingerprint density at radius 1 is 1.08 bits per heavy atom. The van der Waals surface area contributed by atoms with Crippen molar-refractivity contribution in [2.45, 2.75) is 19.1 Å². The van der Waals surface area contributed by atoms with Gasteiger partial charge in [-0.25, -0.2) is 4.39 Å². The van der Waals surface area contributed by atoms with Crippen LogP contribution in [0.25, 0.3) is 5.69 Å².